The van der Waals surface area contributed by atoms with Crippen molar-refractivity contribution in [3.8, 4) is 0 Å². The number of nitrogens with one attached hydrogen (secondary N) is 2. The van der Waals surface area contributed by atoms with Gasteiger partial charge in [0.25, 0.3) is 5.91 Å². The number of anilines is 1. The van der Waals surface area contributed by atoms with E-state index in [1.165, 1.54) is 25.7 Å². The van der Waals surface area contributed by atoms with Crippen LogP contribution in [-0.2, 0) is 6.42 Å². The number of aliphatic hydroxyl groups is 1. The number of aromatic nitrogens is 1. The molecule has 7 heteroatoms. The fraction of sp³-hybridized carbons (Fsp3) is 0.619. The number of nitrogens with zero attached hydrogens (tertiary/aromatic N) is 2. The van der Waals surface area contributed by atoms with Gasteiger partial charge in [-0.2, -0.15) is 0 Å². The van der Waals surface area contributed by atoms with Gasteiger partial charge in [-0.3, -0.25) is 4.79 Å². The maximum absolute atomic E-state index is 12.8. The third-order valence-corrected chi connectivity index (χ3v) is 7.51. The molecule has 1 aliphatic carbocycles. The molecule has 2 unspecified atom stereocenters. The summed E-state index contributed by atoms with van der Waals surface area (Å²) in [5.41, 5.74) is 2.62. The standard InChI is InChI=1S/C21H28N4O2S/c26-8-7-13-9-14(20(27)23-15-3-1-2-4-15)10-18-19(13)24-21(28-18)25-16-5-6-17(25)12-22-11-16/h9-10,15-17,22,26H,1-8,11-12H2,(H,23,27). The maximum atomic E-state index is 12.8. The number of aliphatic hydroxyl groups excluding tert-OH is 1. The van der Waals surface area contributed by atoms with Crippen molar-refractivity contribution in [2.45, 2.75) is 63.1 Å². The molecule has 3 fully saturated rings. The molecular formula is C21H28N4O2S. The second kappa shape index (κ2) is 7.61. The lowest BCUT2D eigenvalue weighted by Crippen LogP contribution is -2.51. The SMILES string of the molecule is O=C(NC1CCCC1)c1cc(CCO)c2nc(N3C4CCC3CNC4)sc2c1. The number of piperazine rings is 1. The molecule has 3 aliphatic rings. The molecule has 28 heavy (non-hydrogen) atoms. The summed E-state index contributed by atoms with van der Waals surface area (Å²) in [6.07, 6.45) is 7.51. The van der Waals surface area contributed by atoms with Gasteiger partial charge in [0.15, 0.2) is 5.13 Å². The normalized spacial score (nSPS) is 25.0. The first-order valence-corrected chi connectivity index (χ1v) is 11.4. The van der Waals surface area contributed by atoms with Gasteiger partial charge in [-0.15, -0.1) is 0 Å². The van der Waals surface area contributed by atoms with Crippen LogP contribution in [0.5, 0.6) is 0 Å². The summed E-state index contributed by atoms with van der Waals surface area (Å²) < 4.78 is 1.05. The summed E-state index contributed by atoms with van der Waals surface area (Å²) in [7, 11) is 0. The summed E-state index contributed by atoms with van der Waals surface area (Å²) in [6.45, 7) is 2.10. The molecule has 0 radical (unpaired) electrons. The van der Waals surface area contributed by atoms with Crippen molar-refractivity contribution in [3.05, 3.63) is 23.3 Å². The lowest BCUT2D eigenvalue weighted by molar-refractivity contribution is 0.0938. The van der Waals surface area contributed by atoms with Gasteiger partial charge < -0.3 is 20.6 Å². The number of hydrogen-bond acceptors (Lipinski definition) is 6. The third-order valence-electron chi connectivity index (χ3n) is 6.50. The minimum Gasteiger partial charge on any atom is -0.396 e. The summed E-state index contributed by atoms with van der Waals surface area (Å²) in [4.78, 5) is 20.3. The predicted octanol–water partition coefficient (Wildman–Crippen LogP) is 2.44. The Morgan fingerprint density at radius 3 is 2.68 bits per heavy atom. The minimum atomic E-state index is 0.00480. The van der Waals surface area contributed by atoms with Crippen molar-refractivity contribution in [2.24, 2.45) is 0 Å². The molecule has 1 amide bonds. The van der Waals surface area contributed by atoms with E-state index in [1.54, 1.807) is 11.3 Å². The molecule has 150 valence electrons. The van der Waals surface area contributed by atoms with Crippen LogP contribution < -0.4 is 15.5 Å². The van der Waals surface area contributed by atoms with E-state index in [-0.39, 0.29) is 12.5 Å². The molecule has 2 aliphatic heterocycles. The fourth-order valence-corrected chi connectivity index (χ4v) is 6.27. The highest BCUT2D eigenvalue weighted by molar-refractivity contribution is 7.22. The monoisotopic (exact) mass is 400 g/mol. The lowest BCUT2D eigenvalue weighted by Gasteiger charge is -2.35. The Bertz CT molecular complexity index is 861. The quantitative estimate of drug-likeness (QED) is 0.719. The van der Waals surface area contributed by atoms with E-state index in [1.807, 2.05) is 12.1 Å². The molecule has 2 aromatic rings. The average Bonchev–Trinajstić information content (AvgIpc) is 3.40. The van der Waals surface area contributed by atoms with Crippen LogP contribution in [0.2, 0.25) is 0 Å². The molecule has 5 rings (SSSR count). The zero-order chi connectivity index (χ0) is 19.1. The van der Waals surface area contributed by atoms with Crippen molar-refractivity contribution in [1.82, 2.24) is 15.6 Å². The largest absolute Gasteiger partial charge is 0.396 e. The average molecular weight is 401 g/mol. The topological polar surface area (TPSA) is 77.5 Å². The maximum Gasteiger partial charge on any atom is 0.251 e. The number of thiazole rings is 1. The van der Waals surface area contributed by atoms with Crippen molar-refractivity contribution in [1.29, 1.82) is 0 Å². The number of rotatable bonds is 5. The Morgan fingerprint density at radius 2 is 1.96 bits per heavy atom. The highest BCUT2D eigenvalue weighted by atomic mass is 32.1. The Labute approximate surface area is 169 Å². The molecule has 1 aromatic carbocycles. The summed E-state index contributed by atoms with van der Waals surface area (Å²) in [5, 5.41) is 17.3. The Balaban J connectivity index is 1.48. The number of carbonyl (C=O) groups excluding carboxylic acids is 1. The van der Waals surface area contributed by atoms with E-state index in [0.29, 0.717) is 30.1 Å². The highest BCUT2D eigenvalue weighted by Gasteiger charge is 2.38. The van der Waals surface area contributed by atoms with Crippen molar-refractivity contribution < 1.29 is 9.90 Å². The number of fused-ring (bicyclic) bond motifs is 3. The summed E-state index contributed by atoms with van der Waals surface area (Å²) in [6, 6.07) is 5.26. The Morgan fingerprint density at radius 1 is 1.21 bits per heavy atom. The van der Waals surface area contributed by atoms with Gasteiger partial charge in [-0.25, -0.2) is 4.98 Å². The van der Waals surface area contributed by atoms with Crippen LogP contribution >= 0.6 is 11.3 Å². The molecule has 1 saturated carbocycles. The third kappa shape index (κ3) is 3.29. The van der Waals surface area contributed by atoms with E-state index in [0.717, 1.165) is 46.8 Å². The van der Waals surface area contributed by atoms with Gasteiger partial charge in [0.05, 0.1) is 10.2 Å². The second-order valence-electron chi connectivity index (χ2n) is 8.36. The minimum absolute atomic E-state index is 0.00480. The van der Waals surface area contributed by atoms with E-state index in [4.69, 9.17) is 4.98 Å². The second-order valence-corrected chi connectivity index (χ2v) is 9.37. The summed E-state index contributed by atoms with van der Waals surface area (Å²) in [5.74, 6) is 0.00480. The first-order valence-electron chi connectivity index (χ1n) is 10.6. The first-order chi connectivity index (χ1) is 13.7. The predicted molar refractivity (Wildman–Crippen MR) is 112 cm³/mol. The van der Waals surface area contributed by atoms with E-state index in [2.05, 4.69) is 15.5 Å². The number of amides is 1. The van der Waals surface area contributed by atoms with Crippen LogP contribution in [0.1, 0.15) is 54.4 Å². The van der Waals surface area contributed by atoms with Gasteiger partial charge in [0, 0.05) is 43.4 Å². The van der Waals surface area contributed by atoms with Gasteiger partial charge in [0.2, 0.25) is 0 Å². The molecule has 2 saturated heterocycles. The van der Waals surface area contributed by atoms with E-state index < -0.39 is 0 Å². The van der Waals surface area contributed by atoms with Crippen molar-refractivity contribution in [2.75, 3.05) is 24.6 Å². The fourth-order valence-electron chi connectivity index (χ4n) is 5.07. The smallest absolute Gasteiger partial charge is 0.251 e. The highest BCUT2D eigenvalue weighted by Crippen LogP contribution is 2.38. The molecule has 2 atom stereocenters. The lowest BCUT2D eigenvalue weighted by atomic mass is 10.1. The van der Waals surface area contributed by atoms with Gasteiger partial charge in [0.1, 0.15) is 0 Å². The molecule has 0 spiro atoms. The molecule has 3 N–H and O–H groups in total. The van der Waals surface area contributed by atoms with Crippen LogP contribution in [0.25, 0.3) is 10.2 Å². The molecule has 2 bridgehead atoms. The van der Waals surface area contributed by atoms with Crippen LogP contribution in [0.15, 0.2) is 12.1 Å². The van der Waals surface area contributed by atoms with Crippen LogP contribution in [0, 0.1) is 0 Å². The summed E-state index contributed by atoms with van der Waals surface area (Å²) >= 11 is 1.69. The molecule has 3 heterocycles. The van der Waals surface area contributed by atoms with Gasteiger partial charge >= 0.3 is 0 Å². The number of hydrogen-bond donors (Lipinski definition) is 3. The first kappa shape index (κ1) is 18.3. The Kier molecular flexibility index (Phi) is 4.99. The number of benzene rings is 1. The molecule has 1 aromatic heterocycles. The molecular weight excluding hydrogens is 372 g/mol. The van der Waals surface area contributed by atoms with E-state index >= 15 is 0 Å². The van der Waals surface area contributed by atoms with Crippen LogP contribution in [0.4, 0.5) is 5.13 Å². The van der Waals surface area contributed by atoms with Crippen molar-refractivity contribution in [3.63, 3.8) is 0 Å². The van der Waals surface area contributed by atoms with Crippen molar-refractivity contribution >= 4 is 32.6 Å². The van der Waals surface area contributed by atoms with Crippen LogP contribution in [0.3, 0.4) is 0 Å². The van der Waals surface area contributed by atoms with Gasteiger partial charge in [-0.1, -0.05) is 24.2 Å². The zero-order valence-corrected chi connectivity index (χ0v) is 16.9. The van der Waals surface area contributed by atoms with Crippen LogP contribution in [-0.4, -0.2) is 53.8 Å². The van der Waals surface area contributed by atoms with Gasteiger partial charge in [-0.05, 0) is 49.8 Å². The zero-order valence-electron chi connectivity index (χ0n) is 16.1. The molecule has 6 nitrogen and oxygen atoms in total. The Hall–Kier alpha value is -1.70. The number of carbonyl (C=O) groups is 1. The van der Waals surface area contributed by atoms with E-state index in [9.17, 15) is 9.90 Å².